The predicted molar refractivity (Wildman–Crippen MR) is 52.6 cm³/mol. The minimum Gasteiger partial charge on any atom is -0.380 e. The standard InChI is InChI=1S/C11H15NO/c1-13-10-7-11(12-8-10)9-5-3-2-4-6-9/h2-6,10-12H,7-8H2,1H3. The Bertz CT molecular complexity index is 260. The van der Waals surface area contributed by atoms with Crippen LogP contribution in [0.1, 0.15) is 18.0 Å². The third-order valence-corrected chi connectivity index (χ3v) is 2.63. The van der Waals surface area contributed by atoms with Crippen LogP contribution in [0.3, 0.4) is 0 Å². The molecule has 0 saturated carbocycles. The van der Waals surface area contributed by atoms with E-state index in [-0.39, 0.29) is 0 Å². The number of benzene rings is 1. The van der Waals surface area contributed by atoms with E-state index in [9.17, 15) is 0 Å². The van der Waals surface area contributed by atoms with E-state index in [1.165, 1.54) is 5.56 Å². The maximum absolute atomic E-state index is 5.30. The molecule has 1 aromatic carbocycles. The van der Waals surface area contributed by atoms with Crippen LogP contribution in [0, 0.1) is 0 Å². The smallest absolute Gasteiger partial charge is 0.0714 e. The Morgan fingerprint density at radius 1 is 1.31 bits per heavy atom. The first-order valence-electron chi connectivity index (χ1n) is 4.71. The molecule has 0 bridgehead atoms. The van der Waals surface area contributed by atoms with E-state index in [4.69, 9.17) is 4.74 Å². The molecule has 1 aliphatic rings. The van der Waals surface area contributed by atoms with Gasteiger partial charge in [-0.1, -0.05) is 30.3 Å². The Hall–Kier alpha value is -0.860. The van der Waals surface area contributed by atoms with Crippen LogP contribution in [0.25, 0.3) is 0 Å². The van der Waals surface area contributed by atoms with Gasteiger partial charge in [0.25, 0.3) is 0 Å². The maximum atomic E-state index is 5.30. The first-order valence-corrected chi connectivity index (χ1v) is 4.71. The van der Waals surface area contributed by atoms with Crippen LogP contribution in [0.15, 0.2) is 30.3 Å². The van der Waals surface area contributed by atoms with Crippen molar-refractivity contribution in [2.45, 2.75) is 18.6 Å². The fraction of sp³-hybridized carbons (Fsp3) is 0.455. The molecule has 1 aliphatic heterocycles. The maximum Gasteiger partial charge on any atom is 0.0714 e. The summed E-state index contributed by atoms with van der Waals surface area (Å²) in [6.07, 6.45) is 1.46. The topological polar surface area (TPSA) is 21.3 Å². The molecule has 2 heteroatoms. The number of rotatable bonds is 2. The lowest BCUT2D eigenvalue weighted by Crippen LogP contribution is -2.16. The lowest BCUT2D eigenvalue weighted by molar-refractivity contribution is 0.117. The fourth-order valence-corrected chi connectivity index (χ4v) is 1.82. The molecule has 1 aromatic rings. The first-order chi connectivity index (χ1) is 6.40. The Labute approximate surface area is 78.9 Å². The van der Waals surface area contributed by atoms with E-state index < -0.39 is 0 Å². The second-order valence-corrected chi connectivity index (χ2v) is 3.46. The van der Waals surface area contributed by atoms with Crippen molar-refractivity contribution < 1.29 is 4.74 Å². The van der Waals surface area contributed by atoms with Gasteiger partial charge >= 0.3 is 0 Å². The molecule has 0 amide bonds. The molecule has 2 atom stereocenters. The average molecular weight is 177 g/mol. The van der Waals surface area contributed by atoms with Gasteiger partial charge in [-0.25, -0.2) is 0 Å². The molecule has 2 unspecified atom stereocenters. The molecule has 1 fully saturated rings. The number of hydrogen-bond donors (Lipinski definition) is 1. The van der Waals surface area contributed by atoms with Crippen molar-refractivity contribution in [1.82, 2.24) is 5.32 Å². The average Bonchev–Trinajstić information content (AvgIpc) is 2.67. The lowest BCUT2D eigenvalue weighted by Gasteiger charge is -2.09. The zero-order chi connectivity index (χ0) is 9.10. The number of methoxy groups -OCH3 is 1. The molecule has 1 saturated heterocycles. The summed E-state index contributed by atoms with van der Waals surface area (Å²) in [5.41, 5.74) is 1.36. The van der Waals surface area contributed by atoms with Crippen LogP contribution >= 0.6 is 0 Å². The Morgan fingerprint density at radius 3 is 2.69 bits per heavy atom. The fourth-order valence-electron chi connectivity index (χ4n) is 1.82. The molecule has 70 valence electrons. The summed E-state index contributed by atoms with van der Waals surface area (Å²) in [6.45, 7) is 0.968. The van der Waals surface area contributed by atoms with E-state index in [1.54, 1.807) is 7.11 Å². The molecule has 2 rings (SSSR count). The highest BCUT2D eigenvalue weighted by atomic mass is 16.5. The Balaban J connectivity index is 2.04. The van der Waals surface area contributed by atoms with Gasteiger partial charge in [-0.2, -0.15) is 0 Å². The number of nitrogens with one attached hydrogen (secondary N) is 1. The van der Waals surface area contributed by atoms with E-state index in [1.807, 2.05) is 6.07 Å². The predicted octanol–water partition coefficient (Wildman–Crippen LogP) is 1.74. The van der Waals surface area contributed by atoms with E-state index in [0.717, 1.165) is 13.0 Å². The first kappa shape index (κ1) is 8.73. The molecule has 0 spiro atoms. The summed E-state index contributed by atoms with van der Waals surface area (Å²) in [5, 5.41) is 3.45. The van der Waals surface area contributed by atoms with Crippen molar-refractivity contribution >= 4 is 0 Å². The van der Waals surface area contributed by atoms with Gasteiger partial charge in [-0.05, 0) is 12.0 Å². The molecule has 1 heterocycles. The summed E-state index contributed by atoms with van der Waals surface area (Å²) < 4.78 is 5.30. The SMILES string of the molecule is COC1CNC(c2ccccc2)C1. The Kier molecular flexibility index (Phi) is 2.62. The zero-order valence-electron chi connectivity index (χ0n) is 7.86. The van der Waals surface area contributed by atoms with Crippen molar-refractivity contribution in [3.05, 3.63) is 35.9 Å². The third-order valence-electron chi connectivity index (χ3n) is 2.63. The molecule has 0 radical (unpaired) electrons. The summed E-state index contributed by atoms with van der Waals surface area (Å²) in [7, 11) is 1.78. The summed E-state index contributed by atoms with van der Waals surface area (Å²) in [5.74, 6) is 0. The minimum atomic E-state index is 0.380. The Morgan fingerprint density at radius 2 is 2.08 bits per heavy atom. The highest BCUT2D eigenvalue weighted by Gasteiger charge is 2.24. The summed E-state index contributed by atoms with van der Waals surface area (Å²) >= 11 is 0. The van der Waals surface area contributed by atoms with Crippen LogP contribution in [0.2, 0.25) is 0 Å². The highest BCUT2D eigenvalue weighted by molar-refractivity contribution is 5.20. The zero-order valence-corrected chi connectivity index (χ0v) is 7.86. The molecule has 2 nitrogen and oxygen atoms in total. The molecule has 13 heavy (non-hydrogen) atoms. The van der Waals surface area contributed by atoms with Gasteiger partial charge in [-0.3, -0.25) is 0 Å². The van der Waals surface area contributed by atoms with E-state index in [0.29, 0.717) is 12.1 Å². The van der Waals surface area contributed by atoms with Crippen molar-refractivity contribution in [2.24, 2.45) is 0 Å². The van der Waals surface area contributed by atoms with Gasteiger partial charge in [0.15, 0.2) is 0 Å². The van der Waals surface area contributed by atoms with E-state index >= 15 is 0 Å². The minimum absolute atomic E-state index is 0.380. The largest absolute Gasteiger partial charge is 0.380 e. The van der Waals surface area contributed by atoms with E-state index in [2.05, 4.69) is 29.6 Å². The van der Waals surface area contributed by atoms with Crippen LogP contribution in [0.4, 0.5) is 0 Å². The van der Waals surface area contributed by atoms with Gasteiger partial charge in [0, 0.05) is 19.7 Å². The molecular formula is C11H15NO. The highest BCUT2D eigenvalue weighted by Crippen LogP contribution is 2.23. The van der Waals surface area contributed by atoms with Crippen molar-refractivity contribution in [3.63, 3.8) is 0 Å². The molecule has 0 aliphatic carbocycles. The molecule has 1 N–H and O–H groups in total. The second-order valence-electron chi connectivity index (χ2n) is 3.46. The van der Waals surface area contributed by atoms with Gasteiger partial charge in [0.1, 0.15) is 0 Å². The van der Waals surface area contributed by atoms with Crippen LogP contribution in [-0.4, -0.2) is 19.8 Å². The van der Waals surface area contributed by atoms with Crippen molar-refractivity contribution in [1.29, 1.82) is 0 Å². The van der Waals surface area contributed by atoms with Crippen LogP contribution < -0.4 is 5.32 Å². The quantitative estimate of drug-likeness (QED) is 0.743. The van der Waals surface area contributed by atoms with Gasteiger partial charge < -0.3 is 10.1 Å². The summed E-state index contributed by atoms with van der Waals surface area (Å²) in [4.78, 5) is 0. The van der Waals surface area contributed by atoms with Crippen molar-refractivity contribution in [2.75, 3.05) is 13.7 Å². The monoisotopic (exact) mass is 177 g/mol. The molecular weight excluding hydrogens is 162 g/mol. The second kappa shape index (κ2) is 3.90. The third kappa shape index (κ3) is 1.90. The lowest BCUT2D eigenvalue weighted by atomic mass is 10.1. The van der Waals surface area contributed by atoms with Gasteiger partial charge in [0.2, 0.25) is 0 Å². The van der Waals surface area contributed by atoms with Crippen LogP contribution in [-0.2, 0) is 4.74 Å². The molecule has 0 aromatic heterocycles. The van der Waals surface area contributed by atoms with Gasteiger partial charge in [-0.15, -0.1) is 0 Å². The number of hydrogen-bond acceptors (Lipinski definition) is 2. The summed E-state index contributed by atoms with van der Waals surface area (Å²) in [6, 6.07) is 11.0. The van der Waals surface area contributed by atoms with Crippen molar-refractivity contribution in [3.8, 4) is 0 Å². The normalized spacial score (nSPS) is 27.8. The number of ether oxygens (including phenoxy) is 1. The van der Waals surface area contributed by atoms with Crippen LogP contribution in [0.5, 0.6) is 0 Å². The van der Waals surface area contributed by atoms with Gasteiger partial charge in [0.05, 0.1) is 6.10 Å².